The predicted molar refractivity (Wildman–Crippen MR) is 120 cm³/mol. The molecule has 2 fully saturated rings. The van der Waals surface area contributed by atoms with Gasteiger partial charge in [-0.05, 0) is 55.5 Å². The first-order valence-electron chi connectivity index (χ1n) is 11.3. The summed E-state index contributed by atoms with van der Waals surface area (Å²) >= 11 is 0. The summed E-state index contributed by atoms with van der Waals surface area (Å²) in [6, 6.07) is 13.1. The van der Waals surface area contributed by atoms with Crippen molar-refractivity contribution in [2.24, 2.45) is 11.8 Å². The maximum Gasteiger partial charge on any atom is 0.253 e. The largest absolute Gasteiger partial charge is 0.339 e. The van der Waals surface area contributed by atoms with Crippen molar-refractivity contribution in [3.8, 4) is 11.4 Å². The molecule has 8 heteroatoms. The number of anilines is 1. The van der Waals surface area contributed by atoms with E-state index in [4.69, 9.17) is 4.52 Å². The Kier molecular flexibility index (Phi) is 5.66. The highest BCUT2D eigenvalue weighted by Gasteiger charge is 2.39. The molecule has 33 heavy (non-hydrogen) atoms. The molecule has 3 aromatic rings. The maximum absolute atomic E-state index is 13.5. The van der Waals surface area contributed by atoms with Crippen LogP contribution in [0.4, 0.5) is 10.1 Å². The molecule has 2 aliphatic rings. The van der Waals surface area contributed by atoms with Crippen molar-refractivity contribution < 1.29 is 18.5 Å². The van der Waals surface area contributed by atoms with Crippen LogP contribution in [-0.2, 0) is 4.79 Å². The molecule has 2 heterocycles. The van der Waals surface area contributed by atoms with Crippen molar-refractivity contribution in [2.45, 2.75) is 32.1 Å². The van der Waals surface area contributed by atoms with E-state index in [0.29, 0.717) is 47.5 Å². The first kappa shape index (κ1) is 21.3. The standard InChI is InChI=1S/C25H25FN4O3/c1-15-11-21(15)23(31)27-20-9-3-6-17(13-20)25(32)30-10-4-7-18(14-30)24-28-22(29-33-24)16-5-2-8-19(26)12-16/h2-3,5-6,8-9,12-13,15,18,21H,4,7,10-11,14H2,1H3,(H,27,31)/t15-,18?,21-/m1/s1. The number of rotatable bonds is 5. The summed E-state index contributed by atoms with van der Waals surface area (Å²) in [6.07, 6.45) is 2.55. The lowest BCUT2D eigenvalue weighted by molar-refractivity contribution is -0.117. The highest BCUT2D eigenvalue weighted by Crippen LogP contribution is 2.38. The topological polar surface area (TPSA) is 88.3 Å². The van der Waals surface area contributed by atoms with Crippen LogP contribution < -0.4 is 5.32 Å². The molecule has 0 spiro atoms. The van der Waals surface area contributed by atoms with Crippen LogP contribution in [0.5, 0.6) is 0 Å². The van der Waals surface area contributed by atoms with Crippen molar-refractivity contribution in [3.63, 3.8) is 0 Å². The Morgan fingerprint density at radius 3 is 2.79 bits per heavy atom. The average molecular weight is 448 g/mol. The monoisotopic (exact) mass is 448 g/mol. The number of halogens is 1. The van der Waals surface area contributed by atoms with E-state index >= 15 is 0 Å². The van der Waals surface area contributed by atoms with Gasteiger partial charge in [0.25, 0.3) is 5.91 Å². The molecule has 7 nitrogen and oxygen atoms in total. The van der Waals surface area contributed by atoms with E-state index in [9.17, 15) is 14.0 Å². The van der Waals surface area contributed by atoms with Crippen LogP contribution in [0.2, 0.25) is 0 Å². The summed E-state index contributed by atoms with van der Waals surface area (Å²) in [4.78, 5) is 31.7. The van der Waals surface area contributed by atoms with Crippen molar-refractivity contribution in [1.29, 1.82) is 0 Å². The molecule has 1 unspecified atom stereocenters. The van der Waals surface area contributed by atoms with Crippen molar-refractivity contribution in [3.05, 3.63) is 65.8 Å². The number of carbonyl (C=O) groups is 2. The van der Waals surface area contributed by atoms with Crippen LogP contribution in [0.1, 0.15) is 48.4 Å². The van der Waals surface area contributed by atoms with Gasteiger partial charge in [0.1, 0.15) is 5.82 Å². The lowest BCUT2D eigenvalue weighted by Crippen LogP contribution is -2.39. The Morgan fingerprint density at radius 1 is 1.18 bits per heavy atom. The van der Waals surface area contributed by atoms with Gasteiger partial charge in [0.2, 0.25) is 17.6 Å². The van der Waals surface area contributed by atoms with Gasteiger partial charge in [0.05, 0.1) is 5.92 Å². The van der Waals surface area contributed by atoms with Crippen molar-refractivity contribution in [2.75, 3.05) is 18.4 Å². The molecule has 2 aromatic carbocycles. The second-order valence-corrected chi connectivity index (χ2v) is 8.95. The Hall–Kier alpha value is -3.55. The number of nitrogens with one attached hydrogen (secondary N) is 1. The first-order valence-corrected chi connectivity index (χ1v) is 11.3. The van der Waals surface area contributed by atoms with Gasteiger partial charge < -0.3 is 14.7 Å². The third-order valence-corrected chi connectivity index (χ3v) is 6.41. The highest BCUT2D eigenvalue weighted by molar-refractivity contribution is 5.98. The minimum absolute atomic E-state index is 0.00984. The molecule has 170 valence electrons. The van der Waals surface area contributed by atoms with Crippen LogP contribution in [0, 0.1) is 17.7 Å². The zero-order valence-corrected chi connectivity index (χ0v) is 18.3. The van der Waals surface area contributed by atoms with Gasteiger partial charge in [-0.3, -0.25) is 9.59 Å². The van der Waals surface area contributed by atoms with E-state index in [1.54, 1.807) is 41.3 Å². The van der Waals surface area contributed by atoms with Gasteiger partial charge in [0.15, 0.2) is 0 Å². The van der Waals surface area contributed by atoms with E-state index in [2.05, 4.69) is 22.4 Å². The van der Waals surface area contributed by atoms with Crippen molar-refractivity contribution in [1.82, 2.24) is 15.0 Å². The summed E-state index contributed by atoms with van der Waals surface area (Å²) in [7, 11) is 0. The van der Waals surface area contributed by atoms with Gasteiger partial charge in [-0.1, -0.05) is 30.3 Å². The van der Waals surface area contributed by atoms with E-state index in [0.717, 1.165) is 19.3 Å². The molecule has 1 saturated heterocycles. The number of carbonyl (C=O) groups excluding carboxylic acids is 2. The summed E-state index contributed by atoms with van der Waals surface area (Å²) in [5, 5.41) is 6.92. The van der Waals surface area contributed by atoms with Gasteiger partial charge >= 0.3 is 0 Å². The van der Waals surface area contributed by atoms with Gasteiger partial charge in [-0.2, -0.15) is 4.98 Å². The number of nitrogens with zero attached hydrogens (tertiary/aromatic N) is 3. The molecule has 3 atom stereocenters. The summed E-state index contributed by atoms with van der Waals surface area (Å²) in [5.41, 5.74) is 1.71. The second kappa shape index (κ2) is 8.77. The number of benzene rings is 2. The molecule has 0 radical (unpaired) electrons. The Morgan fingerprint density at radius 2 is 2.00 bits per heavy atom. The summed E-state index contributed by atoms with van der Waals surface area (Å²) < 4.78 is 19.0. The molecular weight excluding hydrogens is 423 g/mol. The molecule has 1 aliphatic heterocycles. The number of aromatic nitrogens is 2. The highest BCUT2D eigenvalue weighted by atomic mass is 19.1. The van der Waals surface area contributed by atoms with Gasteiger partial charge in [0, 0.05) is 35.8 Å². The van der Waals surface area contributed by atoms with E-state index in [-0.39, 0.29) is 29.5 Å². The summed E-state index contributed by atoms with van der Waals surface area (Å²) in [6.45, 7) is 3.15. The smallest absolute Gasteiger partial charge is 0.253 e. The van der Waals surface area contributed by atoms with Crippen LogP contribution in [-0.4, -0.2) is 39.9 Å². The molecule has 0 bridgehead atoms. The van der Waals surface area contributed by atoms with Crippen LogP contribution in [0.3, 0.4) is 0 Å². The zero-order chi connectivity index (χ0) is 22.9. The molecular formula is C25H25FN4O3. The SMILES string of the molecule is C[C@@H]1C[C@H]1C(=O)Nc1cccc(C(=O)N2CCCC(c3nc(-c4cccc(F)c4)no3)C2)c1. The summed E-state index contributed by atoms with van der Waals surface area (Å²) in [5.74, 6) is 0.740. The number of piperidine rings is 1. The lowest BCUT2D eigenvalue weighted by atomic mass is 9.97. The predicted octanol–water partition coefficient (Wildman–Crippen LogP) is 4.49. The third kappa shape index (κ3) is 4.65. The van der Waals surface area contributed by atoms with Crippen LogP contribution in [0.25, 0.3) is 11.4 Å². The Labute approximate surface area is 191 Å². The molecule has 1 saturated carbocycles. The molecule has 1 N–H and O–H groups in total. The fourth-order valence-corrected chi connectivity index (χ4v) is 4.34. The van der Waals surface area contributed by atoms with Gasteiger partial charge in [-0.25, -0.2) is 4.39 Å². The van der Waals surface area contributed by atoms with Crippen molar-refractivity contribution >= 4 is 17.5 Å². The molecule has 2 amide bonds. The minimum Gasteiger partial charge on any atom is -0.339 e. The average Bonchev–Trinajstić information content (AvgIpc) is 3.36. The number of hydrogen-bond acceptors (Lipinski definition) is 5. The Balaban J connectivity index is 1.27. The molecule has 1 aromatic heterocycles. The minimum atomic E-state index is -0.363. The fraction of sp³-hybridized carbons (Fsp3) is 0.360. The molecule has 1 aliphatic carbocycles. The lowest BCUT2D eigenvalue weighted by Gasteiger charge is -2.31. The third-order valence-electron chi connectivity index (χ3n) is 6.41. The first-order chi connectivity index (χ1) is 16.0. The fourth-order valence-electron chi connectivity index (χ4n) is 4.34. The zero-order valence-electron chi connectivity index (χ0n) is 18.3. The molecule has 5 rings (SSSR count). The quantitative estimate of drug-likeness (QED) is 0.621. The number of hydrogen-bond donors (Lipinski definition) is 1. The number of amides is 2. The Bertz CT molecular complexity index is 1190. The maximum atomic E-state index is 13.5. The normalized spacial score (nSPS) is 22.1. The van der Waals surface area contributed by atoms with Gasteiger partial charge in [-0.15, -0.1) is 0 Å². The van der Waals surface area contributed by atoms with Crippen LogP contribution >= 0.6 is 0 Å². The van der Waals surface area contributed by atoms with E-state index in [1.165, 1.54) is 12.1 Å². The van der Waals surface area contributed by atoms with E-state index < -0.39 is 0 Å². The van der Waals surface area contributed by atoms with E-state index in [1.807, 2.05) is 0 Å². The number of likely N-dealkylation sites (tertiary alicyclic amines) is 1. The second-order valence-electron chi connectivity index (χ2n) is 8.95. The van der Waals surface area contributed by atoms with Crippen LogP contribution in [0.15, 0.2) is 53.1 Å².